The number of aromatic nitrogens is 1. The summed E-state index contributed by atoms with van der Waals surface area (Å²) in [7, 11) is 0. The summed E-state index contributed by atoms with van der Waals surface area (Å²) in [5.74, 6) is 2.33. The van der Waals surface area contributed by atoms with Crippen LogP contribution < -0.4 is 9.47 Å². The third-order valence-electron chi connectivity index (χ3n) is 5.39. The second kappa shape index (κ2) is 9.13. The molecule has 148 valence electrons. The smallest absolute Gasteiger partial charge is 0.128 e. The molecule has 1 aliphatic heterocycles. The van der Waals surface area contributed by atoms with Gasteiger partial charge >= 0.3 is 0 Å². The number of likely N-dealkylation sites (tertiary alicyclic amines) is 1. The molecule has 0 amide bonds. The SMILES string of the molecule is O[C@H](COc1cccc2[nH]ccc12)CN1CCC(COc2ccccc2)CC1. The number of rotatable bonds is 8. The number of para-hydroxylation sites is 1. The molecule has 5 heteroatoms. The Morgan fingerprint density at radius 3 is 2.64 bits per heavy atom. The summed E-state index contributed by atoms with van der Waals surface area (Å²) in [5, 5.41) is 11.5. The highest BCUT2D eigenvalue weighted by Gasteiger charge is 2.22. The van der Waals surface area contributed by atoms with Crippen LogP contribution in [-0.2, 0) is 0 Å². The van der Waals surface area contributed by atoms with Crippen molar-refractivity contribution >= 4 is 10.9 Å². The number of piperidine rings is 1. The zero-order valence-electron chi connectivity index (χ0n) is 16.1. The van der Waals surface area contributed by atoms with Crippen molar-refractivity contribution in [2.75, 3.05) is 32.8 Å². The molecule has 0 unspecified atom stereocenters. The highest BCUT2D eigenvalue weighted by atomic mass is 16.5. The zero-order valence-corrected chi connectivity index (χ0v) is 16.1. The maximum absolute atomic E-state index is 10.4. The number of aliphatic hydroxyl groups is 1. The number of nitrogens with zero attached hydrogens (tertiary/aromatic N) is 1. The van der Waals surface area contributed by atoms with E-state index < -0.39 is 6.10 Å². The van der Waals surface area contributed by atoms with Crippen LogP contribution in [0, 0.1) is 5.92 Å². The predicted octanol–water partition coefficient (Wildman–Crippen LogP) is 3.70. The van der Waals surface area contributed by atoms with E-state index in [9.17, 15) is 5.11 Å². The number of aromatic amines is 1. The van der Waals surface area contributed by atoms with Gasteiger partial charge in [0, 0.05) is 23.6 Å². The van der Waals surface area contributed by atoms with E-state index in [2.05, 4.69) is 9.88 Å². The third-order valence-corrected chi connectivity index (χ3v) is 5.39. The van der Waals surface area contributed by atoms with E-state index in [1.807, 2.05) is 60.8 Å². The molecule has 0 aliphatic carbocycles. The highest BCUT2D eigenvalue weighted by molar-refractivity contribution is 5.85. The van der Waals surface area contributed by atoms with E-state index in [0.717, 1.165) is 54.9 Å². The summed E-state index contributed by atoms with van der Waals surface area (Å²) in [6.45, 7) is 3.71. The summed E-state index contributed by atoms with van der Waals surface area (Å²) in [6, 6.07) is 17.9. The third kappa shape index (κ3) is 4.86. The van der Waals surface area contributed by atoms with E-state index in [4.69, 9.17) is 9.47 Å². The van der Waals surface area contributed by atoms with Crippen molar-refractivity contribution in [1.82, 2.24) is 9.88 Å². The monoisotopic (exact) mass is 380 g/mol. The highest BCUT2D eigenvalue weighted by Crippen LogP contribution is 2.25. The maximum Gasteiger partial charge on any atom is 0.128 e. The van der Waals surface area contributed by atoms with Gasteiger partial charge in [0.1, 0.15) is 24.2 Å². The van der Waals surface area contributed by atoms with Crippen LogP contribution in [0.3, 0.4) is 0 Å². The lowest BCUT2D eigenvalue weighted by Crippen LogP contribution is -2.41. The Morgan fingerprint density at radius 2 is 1.82 bits per heavy atom. The summed E-state index contributed by atoms with van der Waals surface area (Å²) < 4.78 is 11.8. The first-order valence-electron chi connectivity index (χ1n) is 10.0. The molecule has 2 N–H and O–H groups in total. The maximum atomic E-state index is 10.4. The lowest BCUT2D eigenvalue weighted by Gasteiger charge is -2.33. The molecule has 1 fully saturated rings. The molecule has 3 aromatic rings. The molecule has 0 saturated carbocycles. The van der Waals surface area contributed by atoms with E-state index >= 15 is 0 Å². The molecule has 0 bridgehead atoms. The minimum absolute atomic E-state index is 0.307. The second-order valence-electron chi connectivity index (χ2n) is 7.53. The Morgan fingerprint density at radius 1 is 1.00 bits per heavy atom. The van der Waals surface area contributed by atoms with Gasteiger partial charge in [-0.1, -0.05) is 24.3 Å². The lowest BCUT2D eigenvalue weighted by atomic mass is 9.97. The molecular weight excluding hydrogens is 352 g/mol. The summed E-state index contributed by atoms with van der Waals surface area (Å²) in [4.78, 5) is 5.50. The minimum Gasteiger partial charge on any atom is -0.493 e. The van der Waals surface area contributed by atoms with Crippen LogP contribution in [0.1, 0.15) is 12.8 Å². The van der Waals surface area contributed by atoms with Crippen LogP contribution in [0.15, 0.2) is 60.8 Å². The van der Waals surface area contributed by atoms with Crippen LogP contribution in [0.4, 0.5) is 0 Å². The van der Waals surface area contributed by atoms with E-state index in [1.54, 1.807) is 0 Å². The van der Waals surface area contributed by atoms with E-state index in [-0.39, 0.29) is 0 Å². The Balaban J connectivity index is 1.18. The van der Waals surface area contributed by atoms with E-state index in [1.165, 1.54) is 0 Å². The Labute approximate surface area is 165 Å². The van der Waals surface area contributed by atoms with Crippen molar-refractivity contribution in [3.8, 4) is 11.5 Å². The van der Waals surface area contributed by atoms with Gasteiger partial charge in [-0.15, -0.1) is 0 Å². The van der Waals surface area contributed by atoms with Crippen molar-refractivity contribution in [2.24, 2.45) is 5.92 Å². The number of β-amino-alcohol motifs (C(OH)–C–C–N with tert-alkyl or cyclic N) is 1. The lowest BCUT2D eigenvalue weighted by molar-refractivity contribution is 0.0507. The number of aliphatic hydroxyl groups excluding tert-OH is 1. The normalized spacial score (nSPS) is 16.9. The summed E-state index contributed by atoms with van der Waals surface area (Å²) in [5.41, 5.74) is 1.05. The first-order chi connectivity index (χ1) is 13.8. The standard InChI is InChI=1S/C23H28N2O3/c26-19(17-28-23-8-4-7-22-21(23)9-12-24-22)15-25-13-10-18(11-14-25)16-27-20-5-2-1-3-6-20/h1-9,12,18-19,24,26H,10-11,13-17H2/t19-/m0/s1. The Hall–Kier alpha value is -2.50. The van der Waals surface area contributed by atoms with Gasteiger partial charge in [0.25, 0.3) is 0 Å². The molecule has 2 aromatic carbocycles. The Kier molecular flexibility index (Phi) is 6.14. The van der Waals surface area contributed by atoms with Gasteiger partial charge in [-0.05, 0) is 62.2 Å². The number of hydrogen-bond acceptors (Lipinski definition) is 4. The topological polar surface area (TPSA) is 57.7 Å². The van der Waals surface area contributed by atoms with Gasteiger partial charge in [-0.3, -0.25) is 0 Å². The van der Waals surface area contributed by atoms with Gasteiger partial charge in [-0.25, -0.2) is 0 Å². The van der Waals surface area contributed by atoms with Gasteiger partial charge in [-0.2, -0.15) is 0 Å². The molecule has 0 radical (unpaired) electrons. The Bertz CT molecular complexity index is 856. The number of H-pyrrole nitrogens is 1. The molecule has 1 aliphatic rings. The summed E-state index contributed by atoms with van der Waals surface area (Å²) >= 11 is 0. The van der Waals surface area contributed by atoms with Gasteiger partial charge < -0.3 is 24.5 Å². The fraction of sp³-hybridized carbons (Fsp3) is 0.391. The van der Waals surface area contributed by atoms with Crippen LogP contribution in [0.25, 0.3) is 10.9 Å². The number of fused-ring (bicyclic) bond motifs is 1. The number of benzene rings is 2. The fourth-order valence-electron chi connectivity index (χ4n) is 3.79. The zero-order chi connectivity index (χ0) is 19.2. The van der Waals surface area contributed by atoms with Crippen molar-refractivity contribution in [3.63, 3.8) is 0 Å². The second-order valence-corrected chi connectivity index (χ2v) is 7.53. The molecule has 1 aromatic heterocycles. The molecule has 4 rings (SSSR count). The first kappa shape index (κ1) is 18.8. The average molecular weight is 380 g/mol. The quantitative estimate of drug-likeness (QED) is 0.626. The molecule has 5 nitrogen and oxygen atoms in total. The fourth-order valence-corrected chi connectivity index (χ4v) is 3.79. The molecular formula is C23H28N2O3. The predicted molar refractivity (Wildman–Crippen MR) is 111 cm³/mol. The van der Waals surface area contributed by atoms with Crippen LogP contribution in [0.2, 0.25) is 0 Å². The van der Waals surface area contributed by atoms with Gasteiger partial charge in [0.15, 0.2) is 0 Å². The summed E-state index contributed by atoms with van der Waals surface area (Å²) in [6.07, 6.45) is 3.61. The van der Waals surface area contributed by atoms with Crippen LogP contribution in [-0.4, -0.2) is 53.9 Å². The van der Waals surface area contributed by atoms with Crippen molar-refractivity contribution in [3.05, 3.63) is 60.8 Å². The molecule has 2 heterocycles. The average Bonchev–Trinajstić information content (AvgIpc) is 3.22. The van der Waals surface area contributed by atoms with E-state index in [0.29, 0.717) is 19.1 Å². The number of nitrogens with one attached hydrogen (secondary N) is 1. The van der Waals surface area contributed by atoms with Crippen molar-refractivity contribution in [1.29, 1.82) is 0 Å². The van der Waals surface area contributed by atoms with Crippen LogP contribution >= 0.6 is 0 Å². The first-order valence-corrected chi connectivity index (χ1v) is 10.0. The molecule has 1 saturated heterocycles. The number of ether oxygens (including phenoxy) is 2. The van der Waals surface area contributed by atoms with Crippen molar-refractivity contribution in [2.45, 2.75) is 18.9 Å². The van der Waals surface area contributed by atoms with Gasteiger partial charge in [0.05, 0.1) is 6.61 Å². The minimum atomic E-state index is -0.494. The molecule has 1 atom stereocenters. The van der Waals surface area contributed by atoms with Crippen molar-refractivity contribution < 1.29 is 14.6 Å². The van der Waals surface area contributed by atoms with Gasteiger partial charge in [0.2, 0.25) is 0 Å². The molecule has 28 heavy (non-hydrogen) atoms. The molecule has 0 spiro atoms. The number of hydrogen-bond donors (Lipinski definition) is 2. The largest absolute Gasteiger partial charge is 0.493 e. The van der Waals surface area contributed by atoms with Crippen LogP contribution in [0.5, 0.6) is 11.5 Å².